The highest BCUT2D eigenvalue weighted by Gasteiger charge is 2.22. The average molecular weight is 774 g/mol. The number of Topliss-reactive ketones (excluding diaryl/α,β-unsaturated/α-hetero) is 3. The maximum Gasteiger partial charge on any atom is 0.306 e. The molecule has 0 spiro atoms. The van der Waals surface area contributed by atoms with Crippen LogP contribution in [-0.4, -0.2) is 120 Å². The van der Waals surface area contributed by atoms with E-state index in [4.69, 9.17) is 28.4 Å². The summed E-state index contributed by atoms with van der Waals surface area (Å²) >= 11 is 0. The fourth-order valence-corrected chi connectivity index (χ4v) is 5.58. The van der Waals surface area contributed by atoms with Crippen LogP contribution in [0.5, 0.6) is 0 Å². The van der Waals surface area contributed by atoms with Crippen LogP contribution in [0.15, 0.2) is 0 Å². The van der Waals surface area contributed by atoms with E-state index >= 15 is 0 Å². The molecule has 0 heterocycles. The van der Waals surface area contributed by atoms with E-state index in [1.807, 2.05) is 0 Å². The lowest BCUT2D eigenvalue weighted by Crippen LogP contribution is -2.29. The number of rotatable bonds is 44. The summed E-state index contributed by atoms with van der Waals surface area (Å²) in [6.45, 7) is 8.62. The third-order valence-corrected chi connectivity index (χ3v) is 8.80. The summed E-state index contributed by atoms with van der Waals surface area (Å²) < 4.78 is 32.4. The molecule has 0 aliphatic rings. The van der Waals surface area contributed by atoms with Gasteiger partial charge in [-0.1, -0.05) is 77.0 Å². The van der Waals surface area contributed by atoms with Crippen LogP contribution >= 0.6 is 0 Å². The van der Waals surface area contributed by atoms with E-state index in [9.17, 15) is 29.1 Å². The predicted octanol–water partition coefficient (Wildman–Crippen LogP) is 6.45. The van der Waals surface area contributed by atoms with Gasteiger partial charge < -0.3 is 43.6 Å². The molecule has 54 heavy (non-hydrogen) atoms. The molecule has 316 valence electrons. The Kier molecular flexibility index (Phi) is 38.7. The predicted molar refractivity (Wildman–Crippen MR) is 208 cm³/mol. The van der Waals surface area contributed by atoms with Gasteiger partial charge in [-0.15, -0.1) is 0 Å². The second-order valence-corrected chi connectivity index (χ2v) is 13.9. The van der Waals surface area contributed by atoms with Crippen LogP contribution in [0.4, 0.5) is 0 Å². The van der Waals surface area contributed by atoms with Gasteiger partial charge in [0.1, 0.15) is 17.3 Å². The molecule has 1 amide bonds. The lowest BCUT2D eigenvalue weighted by Gasteiger charge is -2.12. The number of ketones is 3. The molecule has 0 aliphatic heterocycles. The Bertz CT molecular complexity index is 932. The average Bonchev–Trinajstić information content (AvgIpc) is 3.13. The van der Waals surface area contributed by atoms with Gasteiger partial charge in [0.05, 0.1) is 85.2 Å². The van der Waals surface area contributed by atoms with Crippen LogP contribution in [0.3, 0.4) is 0 Å². The van der Waals surface area contributed by atoms with Crippen molar-refractivity contribution in [3.8, 4) is 0 Å². The summed E-state index contributed by atoms with van der Waals surface area (Å²) in [5.41, 5.74) is 0. The van der Waals surface area contributed by atoms with Crippen LogP contribution in [-0.2, 0) is 52.4 Å². The zero-order chi connectivity index (χ0) is 39.7. The highest BCUT2D eigenvalue weighted by atomic mass is 16.6. The van der Waals surface area contributed by atoms with Gasteiger partial charge in [0, 0.05) is 38.6 Å². The molecule has 0 aliphatic carbocycles. The van der Waals surface area contributed by atoms with E-state index in [0.29, 0.717) is 104 Å². The smallest absolute Gasteiger partial charge is 0.306 e. The standard InChI is InChI=1S/C41H75NO12/c1-36(43)17-15-13-11-9-7-5-3-4-6-8-10-12-14-16-18-39(45)35-38(41(47)48)19-20-40(46)42-22-24-50-26-28-52-30-32-54-34-33-53-31-29-51-27-25-49-23-21-37(2)44/h38H,3-35H2,1-2H3,(H,42,46)(H,47,48). The minimum Gasteiger partial charge on any atom is -0.481 e. The molecule has 0 saturated heterocycles. The molecule has 1 atom stereocenters. The van der Waals surface area contributed by atoms with E-state index in [1.165, 1.54) is 71.1 Å². The van der Waals surface area contributed by atoms with E-state index < -0.39 is 11.9 Å². The molecule has 13 nitrogen and oxygen atoms in total. The first-order valence-corrected chi connectivity index (χ1v) is 20.7. The SMILES string of the molecule is CC(=O)CCCCCCCCCCCCCCCCC(=O)CC(CCC(=O)NCCOCCOCCOCCOCCOCCOCCC(C)=O)C(=O)O. The first-order chi connectivity index (χ1) is 26.2. The Labute approximate surface area is 325 Å². The maximum atomic E-state index is 12.4. The minimum absolute atomic E-state index is 0.0268. The molecule has 0 aromatic carbocycles. The monoisotopic (exact) mass is 774 g/mol. The first kappa shape index (κ1) is 51.7. The quantitative estimate of drug-likeness (QED) is 0.0649. The molecule has 0 saturated carbocycles. The first-order valence-electron chi connectivity index (χ1n) is 20.7. The van der Waals surface area contributed by atoms with Gasteiger partial charge in [-0.2, -0.15) is 0 Å². The van der Waals surface area contributed by atoms with E-state index in [0.717, 1.165) is 32.1 Å². The minimum atomic E-state index is -1.04. The Morgan fingerprint density at radius 1 is 0.444 bits per heavy atom. The highest BCUT2D eigenvalue weighted by molar-refractivity contribution is 5.84. The number of carbonyl (C=O) groups is 5. The third kappa shape index (κ3) is 40.9. The molecular formula is C41H75NO12. The van der Waals surface area contributed by atoms with Crippen molar-refractivity contribution in [3.05, 3.63) is 0 Å². The third-order valence-electron chi connectivity index (χ3n) is 8.80. The zero-order valence-electron chi connectivity index (χ0n) is 33.8. The summed E-state index contributed by atoms with van der Waals surface area (Å²) in [6, 6.07) is 0. The van der Waals surface area contributed by atoms with Crippen molar-refractivity contribution in [2.75, 3.05) is 85.8 Å². The van der Waals surface area contributed by atoms with Gasteiger partial charge in [0.15, 0.2) is 0 Å². The molecular weight excluding hydrogens is 698 g/mol. The van der Waals surface area contributed by atoms with Gasteiger partial charge in [-0.3, -0.25) is 19.2 Å². The number of aliphatic carboxylic acids is 1. The van der Waals surface area contributed by atoms with Crippen molar-refractivity contribution in [2.24, 2.45) is 5.92 Å². The summed E-state index contributed by atoms with van der Waals surface area (Å²) in [6.07, 6.45) is 18.1. The van der Waals surface area contributed by atoms with Crippen LogP contribution in [0, 0.1) is 5.92 Å². The number of carboxylic acid groups (broad SMARTS) is 1. The molecule has 0 aromatic heterocycles. The highest BCUT2D eigenvalue weighted by Crippen LogP contribution is 2.17. The number of ether oxygens (including phenoxy) is 6. The van der Waals surface area contributed by atoms with Crippen molar-refractivity contribution >= 4 is 29.2 Å². The maximum absolute atomic E-state index is 12.4. The van der Waals surface area contributed by atoms with Crippen molar-refractivity contribution in [3.63, 3.8) is 0 Å². The Hall–Kier alpha value is -2.29. The van der Waals surface area contributed by atoms with E-state index in [2.05, 4.69) is 5.32 Å². The zero-order valence-corrected chi connectivity index (χ0v) is 33.8. The van der Waals surface area contributed by atoms with Crippen molar-refractivity contribution in [2.45, 2.75) is 142 Å². The fourth-order valence-electron chi connectivity index (χ4n) is 5.58. The second kappa shape index (κ2) is 40.4. The summed E-state index contributed by atoms with van der Waals surface area (Å²) in [5, 5.41) is 12.3. The molecule has 0 aromatic rings. The van der Waals surface area contributed by atoms with Crippen LogP contribution < -0.4 is 5.32 Å². The lowest BCUT2D eigenvalue weighted by molar-refractivity contribution is -0.144. The molecule has 2 N–H and O–H groups in total. The summed E-state index contributed by atoms with van der Waals surface area (Å²) in [7, 11) is 0. The van der Waals surface area contributed by atoms with Crippen LogP contribution in [0.25, 0.3) is 0 Å². The number of nitrogens with one attached hydrogen (secondary N) is 1. The topological polar surface area (TPSA) is 173 Å². The number of unbranched alkanes of at least 4 members (excludes halogenated alkanes) is 13. The van der Waals surface area contributed by atoms with Gasteiger partial charge in [0.25, 0.3) is 0 Å². The molecule has 0 rings (SSSR count). The van der Waals surface area contributed by atoms with Gasteiger partial charge in [-0.05, 0) is 33.1 Å². The van der Waals surface area contributed by atoms with Crippen molar-refractivity contribution < 1.29 is 57.5 Å². The summed E-state index contributed by atoms with van der Waals surface area (Å²) in [5.74, 6) is -1.78. The number of hydrogen-bond acceptors (Lipinski definition) is 11. The Morgan fingerprint density at radius 2 is 0.796 bits per heavy atom. The molecule has 0 bridgehead atoms. The largest absolute Gasteiger partial charge is 0.481 e. The van der Waals surface area contributed by atoms with Crippen molar-refractivity contribution in [1.29, 1.82) is 0 Å². The van der Waals surface area contributed by atoms with E-state index in [1.54, 1.807) is 6.92 Å². The molecule has 13 heteroatoms. The number of hydrogen-bond donors (Lipinski definition) is 2. The van der Waals surface area contributed by atoms with E-state index in [-0.39, 0.29) is 36.7 Å². The number of carbonyl (C=O) groups excluding carboxylic acids is 4. The molecule has 0 fully saturated rings. The Morgan fingerprint density at radius 3 is 1.19 bits per heavy atom. The van der Waals surface area contributed by atoms with Crippen LogP contribution in [0.2, 0.25) is 0 Å². The lowest BCUT2D eigenvalue weighted by atomic mass is 9.94. The molecule has 0 radical (unpaired) electrons. The normalized spacial score (nSPS) is 11.8. The fraction of sp³-hybridized carbons (Fsp3) is 0.878. The van der Waals surface area contributed by atoms with Crippen LogP contribution in [0.1, 0.15) is 142 Å². The molecule has 1 unspecified atom stereocenters. The van der Waals surface area contributed by atoms with Gasteiger partial charge >= 0.3 is 5.97 Å². The number of carboxylic acids is 1. The Balaban J connectivity index is 3.54. The van der Waals surface area contributed by atoms with Crippen molar-refractivity contribution in [1.82, 2.24) is 5.32 Å². The second-order valence-electron chi connectivity index (χ2n) is 13.9. The number of amides is 1. The van der Waals surface area contributed by atoms with Gasteiger partial charge in [-0.25, -0.2) is 0 Å². The van der Waals surface area contributed by atoms with Gasteiger partial charge in [0.2, 0.25) is 5.91 Å². The summed E-state index contributed by atoms with van der Waals surface area (Å²) in [4.78, 5) is 58.0.